The summed E-state index contributed by atoms with van der Waals surface area (Å²) >= 11 is 1.32. The predicted octanol–water partition coefficient (Wildman–Crippen LogP) is 1.04. The molecule has 1 unspecified atom stereocenters. The zero-order valence-corrected chi connectivity index (χ0v) is 10.1. The van der Waals surface area contributed by atoms with E-state index in [9.17, 15) is 9.59 Å². The lowest BCUT2D eigenvalue weighted by Gasteiger charge is -2.07. The zero-order chi connectivity index (χ0) is 13.1. The molecule has 0 aliphatic carbocycles. The second-order valence-electron chi connectivity index (χ2n) is 3.68. The Bertz CT molecular complexity index is 563. The number of nitrogens with one attached hydrogen (secondary N) is 1. The van der Waals surface area contributed by atoms with Crippen molar-refractivity contribution < 1.29 is 14.7 Å². The molecule has 0 bridgehead atoms. The van der Waals surface area contributed by atoms with Gasteiger partial charge in [-0.2, -0.15) is 0 Å². The molecule has 0 aliphatic rings. The Morgan fingerprint density at radius 2 is 2.17 bits per heavy atom. The molecule has 4 N–H and O–H groups in total. The number of nitrogens with two attached hydrogens (primary N) is 1. The summed E-state index contributed by atoms with van der Waals surface area (Å²) in [6.45, 7) is 0. The number of amides is 1. The van der Waals surface area contributed by atoms with Gasteiger partial charge in [0.15, 0.2) is 5.13 Å². The third-order valence-electron chi connectivity index (χ3n) is 2.26. The number of aliphatic carboxylic acids is 1. The van der Waals surface area contributed by atoms with Crippen molar-refractivity contribution in [1.29, 1.82) is 0 Å². The molecule has 0 radical (unpaired) electrons. The van der Waals surface area contributed by atoms with Gasteiger partial charge in [0, 0.05) is 0 Å². The molecule has 6 nitrogen and oxygen atoms in total. The molecule has 7 heteroatoms. The minimum atomic E-state index is -1.11. The molecule has 0 saturated carbocycles. The van der Waals surface area contributed by atoms with Gasteiger partial charge >= 0.3 is 5.97 Å². The predicted molar refractivity (Wildman–Crippen MR) is 68.5 cm³/mol. The fraction of sp³-hybridized carbons (Fsp3) is 0.182. The molecular weight excluding hydrogens is 254 g/mol. The molecule has 0 saturated heterocycles. The Balaban J connectivity index is 2.09. The van der Waals surface area contributed by atoms with E-state index in [4.69, 9.17) is 10.8 Å². The van der Waals surface area contributed by atoms with E-state index in [0.29, 0.717) is 5.13 Å². The highest BCUT2D eigenvalue weighted by atomic mass is 32.1. The summed E-state index contributed by atoms with van der Waals surface area (Å²) in [5.74, 6) is -1.65. The number of carbonyl (C=O) groups excluding carboxylic acids is 1. The minimum Gasteiger partial charge on any atom is -0.481 e. The lowest BCUT2D eigenvalue weighted by molar-refractivity contribution is -0.138. The van der Waals surface area contributed by atoms with Gasteiger partial charge in [0.05, 0.1) is 22.7 Å². The Labute approximate surface area is 106 Å². The Hall–Kier alpha value is -1.99. The quantitative estimate of drug-likeness (QED) is 0.766. The van der Waals surface area contributed by atoms with Gasteiger partial charge in [-0.15, -0.1) is 0 Å². The monoisotopic (exact) mass is 265 g/mol. The molecule has 1 amide bonds. The summed E-state index contributed by atoms with van der Waals surface area (Å²) in [4.78, 5) is 26.2. The summed E-state index contributed by atoms with van der Waals surface area (Å²) < 4.78 is 0.944. The Kier molecular flexibility index (Phi) is 3.54. The van der Waals surface area contributed by atoms with E-state index in [2.05, 4.69) is 10.3 Å². The van der Waals surface area contributed by atoms with E-state index >= 15 is 0 Å². The second-order valence-corrected chi connectivity index (χ2v) is 4.71. The van der Waals surface area contributed by atoms with Gasteiger partial charge < -0.3 is 16.2 Å². The van der Waals surface area contributed by atoms with Crippen LogP contribution in [0.5, 0.6) is 0 Å². The maximum absolute atomic E-state index is 11.6. The van der Waals surface area contributed by atoms with Gasteiger partial charge in [-0.25, -0.2) is 4.98 Å². The molecule has 2 aromatic rings. The first kappa shape index (κ1) is 12.5. The average molecular weight is 265 g/mol. The summed E-state index contributed by atoms with van der Waals surface area (Å²) in [6, 6.07) is 6.37. The standard InChI is InChI=1S/C11H11N3O3S/c12-6(5-9(15)16)10(17)14-11-13-7-3-1-2-4-8(7)18-11/h1-4,6H,5,12H2,(H,15,16)(H,13,14,17). The first-order valence-electron chi connectivity index (χ1n) is 5.20. The van der Waals surface area contributed by atoms with Gasteiger partial charge in [0.2, 0.25) is 5.91 Å². The molecule has 0 aliphatic heterocycles. The van der Waals surface area contributed by atoms with Gasteiger partial charge in [-0.05, 0) is 12.1 Å². The van der Waals surface area contributed by atoms with E-state index in [1.807, 2.05) is 24.3 Å². The summed E-state index contributed by atoms with van der Waals surface area (Å²) in [7, 11) is 0. The van der Waals surface area contributed by atoms with Crippen LogP contribution in [0, 0.1) is 0 Å². The molecule has 1 atom stereocenters. The highest BCUT2D eigenvalue weighted by Crippen LogP contribution is 2.25. The Morgan fingerprint density at radius 3 is 2.83 bits per heavy atom. The van der Waals surface area contributed by atoms with E-state index in [0.717, 1.165) is 10.2 Å². The van der Waals surface area contributed by atoms with Gasteiger partial charge in [-0.3, -0.25) is 9.59 Å². The molecule has 1 aromatic carbocycles. The number of anilines is 1. The third-order valence-corrected chi connectivity index (χ3v) is 3.21. The van der Waals surface area contributed by atoms with E-state index in [1.54, 1.807) is 0 Å². The summed E-state index contributed by atoms with van der Waals surface area (Å²) in [5, 5.41) is 11.5. The molecule has 1 heterocycles. The maximum atomic E-state index is 11.6. The normalized spacial score (nSPS) is 12.3. The molecule has 0 spiro atoms. The summed E-state index contributed by atoms with van der Waals surface area (Å²) in [6.07, 6.45) is -0.406. The van der Waals surface area contributed by atoms with Crippen molar-refractivity contribution in [2.24, 2.45) is 5.73 Å². The fourth-order valence-electron chi connectivity index (χ4n) is 1.40. The van der Waals surface area contributed by atoms with Crippen molar-refractivity contribution in [2.75, 3.05) is 5.32 Å². The van der Waals surface area contributed by atoms with Crippen LogP contribution in [0.4, 0.5) is 5.13 Å². The zero-order valence-electron chi connectivity index (χ0n) is 9.29. The Morgan fingerprint density at radius 1 is 1.44 bits per heavy atom. The fourth-order valence-corrected chi connectivity index (χ4v) is 2.27. The molecular formula is C11H11N3O3S. The van der Waals surface area contributed by atoms with Crippen molar-refractivity contribution >= 4 is 38.6 Å². The minimum absolute atomic E-state index is 0.406. The molecule has 2 rings (SSSR count). The van der Waals surface area contributed by atoms with Crippen LogP contribution in [-0.4, -0.2) is 28.0 Å². The number of aromatic nitrogens is 1. The lowest BCUT2D eigenvalue weighted by atomic mass is 10.2. The number of carbonyl (C=O) groups is 2. The van der Waals surface area contributed by atoms with E-state index < -0.39 is 24.3 Å². The van der Waals surface area contributed by atoms with Crippen molar-refractivity contribution in [1.82, 2.24) is 4.98 Å². The van der Waals surface area contributed by atoms with Gasteiger partial charge in [-0.1, -0.05) is 23.5 Å². The van der Waals surface area contributed by atoms with Crippen LogP contribution in [0.15, 0.2) is 24.3 Å². The van der Waals surface area contributed by atoms with Crippen molar-refractivity contribution in [3.05, 3.63) is 24.3 Å². The number of carboxylic acid groups (broad SMARTS) is 1. The average Bonchev–Trinajstić information content (AvgIpc) is 2.69. The SMILES string of the molecule is NC(CC(=O)O)C(=O)Nc1nc2ccccc2s1. The highest BCUT2D eigenvalue weighted by molar-refractivity contribution is 7.22. The van der Waals surface area contributed by atoms with Gasteiger partial charge in [0.1, 0.15) is 0 Å². The van der Waals surface area contributed by atoms with Crippen LogP contribution in [-0.2, 0) is 9.59 Å². The number of rotatable bonds is 4. The topological polar surface area (TPSA) is 105 Å². The highest BCUT2D eigenvalue weighted by Gasteiger charge is 2.18. The second kappa shape index (κ2) is 5.11. The molecule has 94 valence electrons. The maximum Gasteiger partial charge on any atom is 0.305 e. The molecule has 18 heavy (non-hydrogen) atoms. The largest absolute Gasteiger partial charge is 0.481 e. The number of nitrogens with zero attached hydrogens (tertiary/aromatic N) is 1. The lowest BCUT2D eigenvalue weighted by Crippen LogP contribution is -2.37. The number of para-hydroxylation sites is 1. The number of hydrogen-bond acceptors (Lipinski definition) is 5. The van der Waals surface area contributed by atoms with Crippen LogP contribution in [0.3, 0.4) is 0 Å². The number of benzene rings is 1. The van der Waals surface area contributed by atoms with Gasteiger partial charge in [0.25, 0.3) is 0 Å². The van der Waals surface area contributed by atoms with Crippen LogP contribution in [0.1, 0.15) is 6.42 Å². The van der Waals surface area contributed by atoms with Crippen molar-refractivity contribution in [3.8, 4) is 0 Å². The first-order valence-corrected chi connectivity index (χ1v) is 6.01. The van der Waals surface area contributed by atoms with Crippen LogP contribution < -0.4 is 11.1 Å². The van der Waals surface area contributed by atoms with E-state index in [1.165, 1.54) is 11.3 Å². The number of hydrogen-bond donors (Lipinski definition) is 3. The smallest absolute Gasteiger partial charge is 0.305 e. The van der Waals surface area contributed by atoms with Crippen LogP contribution in [0.2, 0.25) is 0 Å². The van der Waals surface area contributed by atoms with Crippen LogP contribution in [0.25, 0.3) is 10.2 Å². The van der Waals surface area contributed by atoms with Crippen molar-refractivity contribution in [2.45, 2.75) is 12.5 Å². The number of carboxylic acids is 1. The van der Waals surface area contributed by atoms with E-state index in [-0.39, 0.29) is 0 Å². The summed E-state index contributed by atoms with van der Waals surface area (Å²) in [5.41, 5.74) is 6.23. The molecule has 0 fully saturated rings. The number of thiazole rings is 1. The third kappa shape index (κ3) is 2.82. The number of fused-ring (bicyclic) bond motifs is 1. The van der Waals surface area contributed by atoms with Crippen LogP contribution >= 0.6 is 11.3 Å². The first-order chi connectivity index (χ1) is 8.56. The molecule has 1 aromatic heterocycles. The van der Waals surface area contributed by atoms with Crippen molar-refractivity contribution in [3.63, 3.8) is 0 Å².